The minimum atomic E-state index is -1.36. The van der Waals surface area contributed by atoms with Crippen molar-refractivity contribution in [2.45, 2.75) is 18.9 Å². The first kappa shape index (κ1) is 13.4. The number of aliphatic carboxylic acids is 1. The highest BCUT2D eigenvalue weighted by Crippen LogP contribution is 2.21. The zero-order valence-electron chi connectivity index (χ0n) is 10.5. The Morgan fingerprint density at radius 2 is 2.16 bits per heavy atom. The van der Waals surface area contributed by atoms with Crippen LogP contribution < -0.4 is 5.32 Å². The summed E-state index contributed by atoms with van der Waals surface area (Å²) in [4.78, 5) is 23.4. The van der Waals surface area contributed by atoms with Crippen molar-refractivity contribution in [2.24, 2.45) is 0 Å². The molecule has 1 aliphatic rings. The highest BCUT2D eigenvalue weighted by molar-refractivity contribution is 5.99. The van der Waals surface area contributed by atoms with Gasteiger partial charge in [0.25, 0.3) is 5.91 Å². The van der Waals surface area contributed by atoms with Crippen LogP contribution in [0.5, 0.6) is 5.75 Å². The van der Waals surface area contributed by atoms with E-state index in [2.05, 4.69) is 5.32 Å². The van der Waals surface area contributed by atoms with E-state index in [1.54, 1.807) is 6.92 Å². The van der Waals surface area contributed by atoms with E-state index in [0.29, 0.717) is 17.7 Å². The number of carboxylic acids is 1. The number of hydrogen-bond acceptors (Lipinski definition) is 4. The van der Waals surface area contributed by atoms with E-state index in [1.807, 2.05) is 0 Å². The molecule has 0 spiro atoms. The normalized spacial score (nSPS) is 22.2. The average Bonchev–Trinajstić information content (AvgIpc) is 2.78. The molecule has 1 saturated heterocycles. The lowest BCUT2D eigenvalue weighted by Gasteiger charge is -2.24. The Kier molecular flexibility index (Phi) is 3.44. The first-order valence-electron chi connectivity index (χ1n) is 5.88. The van der Waals surface area contributed by atoms with E-state index in [0.717, 1.165) is 0 Å². The summed E-state index contributed by atoms with van der Waals surface area (Å²) in [6.45, 7) is 1.94. The number of carbonyl (C=O) groups excluding carboxylic acids is 1. The van der Waals surface area contributed by atoms with Crippen LogP contribution in [-0.4, -0.2) is 40.8 Å². The van der Waals surface area contributed by atoms with Crippen molar-refractivity contribution >= 4 is 11.9 Å². The van der Waals surface area contributed by atoms with Crippen molar-refractivity contribution in [1.29, 1.82) is 0 Å². The summed E-state index contributed by atoms with van der Waals surface area (Å²) >= 11 is 0. The zero-order valence-corrected chi connectivity index (χ0v) is 10.5. The molecule has 1 heterocycles. The molecule has 3 N–H and O–H groups in total. The Labute approximate surface area is 110 Å². The van der Waals surface area contributed by atoms with E-state index >= 15 is 0 Å². The first-order valence-corrected chi connectivity index (χ1v) is 5.88. The van der Waals surface area contributed by atoms with Crippen LogP contribution in [-0.2, 0) is 9.53 Å². The van der Waals surface area contributed by atoms with Gasteiger partial charge in [-0.1, -0.05) is 0 Å². The Morgan fingerprint density at radius 3 is 2.68 bits per heavy atom. The molecule has 1 aliphatic heterocycles. The molecule has 6 heteroatoms. The van der Waals surface area contributed by atoms with Crippen LogP contribution in [0.2, 0.25) is 0 Å². The average molecular weight is 265 g/mol. The molecular formula is C13H15NO5. The number of amides is 1. The molecule has 1 fully saturated rings. The van der Waals surface area contributed by atoms with E-state index < -0.39 is 17.4 Å². The van der Waals surface area contributed by atoms with Crippen molar-refractivity contribution in [2.75, 3.05) is 13.2 Å². The third kappa shape index (κ3) is 2.53. The predicted molar refractivity (Wildman–Crippen MR) is 66.1 cm³/mol. The highest BCUT2D eigenvalue weighted by atomic mass is 16.5. The number of ether oxygens (including phenoxy) is 1. The van der Waals surface area contributed by atoms with Gasteiger partial charge in [-0.2, -0.15) is 0 Å². The van der Waals surface area contributed by atoms with Crippen molar-refractivity contribution in [1.82, 2.24) is 5.32 Å². The molecular weight excluding hydrogens is 250 g/mol. The van der Waals surface area contributed by atoms with Gasteiger partial charge in [0.15, 0.2) is 5.54 Å². The molecule has 0 saturated carbocycles. The summed E-state index contributed by atoms with van der Waals surface area (Å²) in [5, 5.41) is 21.1. The Bertz CT molecular complexity index is 520. The summed E-state index contributed by atoms with van der Waals surface area (Å²) in [6.07, 6.45) is 0.241. The third-order valence-corrected chi connectivity index (χ3v) is 3.24. The molecule has 2 rings (SSSR count). The number of rotatable bonds is 3. The van der Waals surface area contributed by atoms with Crippen molar-refractivity contribution in [3.05, 3.63) is 29.3 Å². The van der Waals surface area contributed by atoms with Crippen LogP contribution in [0.25, 0.3) is 0 Å². The molecule has 1 aromatic rings. The van der Waals surface area contributed by atoms with Crippen LogP contribution in [0.3, 0.4) is 0 Å². The molecule has 1 atom stereocenters. The fourth-order valence-electron chi connectivity index (χ4n) is 2.07. The Balaban J connectivity index is 2.22. The van der Waals surface area contributed by atoms with Gasteiger partial charge in [0.1, 0.15) is 5.75 Å². The third-order valence-electron chi connectivity index (χ3n) is 3.24. The Morgan fingerprint density at radius 1 is 1.42 bits per heavy atom. The molecule has 0 bridgehead atoms. The SMILES string of the molecule is Cc1cc(O)ccc1C(=O)NC1(C(=O)O)CCOC1. The maximum Gasteiger partial charge on any atom is 0.331 e. The largest absolute Gasteiger partial charge is 0.508 e. The van der Waals surface area contributed by atoms with Crippen molar-refractivity contribution < 1.29 is 24.5 Å². The number of benzene rings is 1. The number of aromatic hydroxyl groups is 1. The molecule has 19 heavy (non-hydrogen) atoms. The highest BCUT2D eigenvalue weighted by Gasteiger charge is 2.44. The number of hydrogen-bond donors (Lipinski definition) is 3. The number of nitrogens with one attached hydrogen (secondary N) is 1. The summed E-state index contributed by atoms with van der Waals surface area (Å²) in [6, 6.07) is 4.30. The molecule has 6 nitrogen and oxygen atoms in total. The summed E-state index contributed by atoms with van der Waals surface area (Å²) in [5.41, 5.74) is -0.441. The summed E-state index contributed by atoms with van der Waals surface area (Å²) in [5.74, 6) is -1.52. The lowest BCUT2D eigenvalue weighted by molar-refractivity contribution is -0.144. The second-order valence-corrected chi connectivity index (χ2v) is 4.64. The molecule has 0 aromatic heterocycles. The molecule has 0 aliphatic carbocycles. The van der Waals surface area contributed by atoms with Gasteiger partial charge >= 0.3 is 5.97 Å². The summed E-state index contributed by atoms with van der Waals surface area (Å²) < 4.78 is 5.07. The molecule has 1 aromatic carbocycles. The van der Waals surface area contributed by atoms with Crippen LogP contribution >= 0.6 is 0 Å². The van der Waals surface area contributed by atoms with Crippen LogP contribution in [0, 0.1) is 6.92 Å². The van der Waals surface area contributed by atoms with Gasteiger partial charge in [-0.25, -0.2) is 4.79 Å². The van der Waals surface area contributed by atoms with E-state index in [1.165, 1.54) is 18.2 Å². The number of carbonyl (C=O) groups is 2. The van der Waals surface area contributed by atoms with E-state index in [-0.39, 0.29) is 18.8 Å². The minimum absolute atomic E-state index is 0.0365. The van der Waals surface area contributed by atoms with Gasteiger partial charge in [0, 0.05) is 18.6 Å². The van der Waals surface area contributed by atoms with Crippen molar-refractivity contribution in [3.63, 3.8) is 0 Å². The number of carboxylic acid groups (broad SMARTS) is 1. The second-order valence-electron chi connectivity index (χ2n) is 4.64. The monoisotopic (exact) mass is 265 g/mol. The fraction of sp³-hybridized carbons (Fsp3) is 0.385. The van der Waals surface area contributed by atoms with E-state index in [4.69, 9.17) is 4.74 Å². The number of phenols is 1. The molecule has 0 radical (unpaired) electrons. The van der Waals surface area contributed by atoms with Gasteiger partial charge < -0.3 is 20.3 Å². The molecule has 1 amide bonds. The second kappa shape index (κ2) is 4.89. The summed E-state index contributed by atoms with van der Waals surface area (Å²) in [7, 11) is 0. The first-order chi connectivity index (χ1) is 8.94. The standard InChI is InChI=1S/C13H15NO5/c1-8-6-9(15)2-3-10(8)11(16)14-13(12(17)18)4-5-19-7-13/h2-3,6,15H,4-5,7H2,1H3,(H,14,16)(H,17,18). The predicted octanol–water partition coefficient (Wildman–Crippen LogP) is 0.674. The van der Waals surface area contributed by atoms with Crippen molar-refractivity contribution in [3.8, 4) is 5.75 Å². The smallest absolute Gasteiger partial charge is 0.331 e. The number of aryl methyl sites for hydroxylation is 1. The molecule has 102 valence electrons. The maximum atomic E-state index is 12.1. The van der Waals surface area contributed by atoms with Gasteiger partial charge in [-0.3, -0.25) is 4.79 Å². The molecule has 1 unspecified atom stereocenters. The van der Waals surface area contributed by atoms with Gasteiger partial charge in [-0.05, 0) is 30.7 Å². The van der Waals surface area contributed by atoms with Gasteiger partial charge in [0.05, 0.1) is 6.61 Å². The van der Waals surface area contributed by atoms with Crippen LogP contribution in [0.1, 0.15) is 22.3 Å². The van der Waals surface area contributed by atoms with Gasteiger partial charge in [0.2, 0.25) is 0 Å². The lowest BCUT2D eigenvalue weighted by atomic mass is 9.97. The zero-order chi connectivity index (χ0) is 14.0. The van der Waals surface area contributed by atoms with Crippen LogP contribution in [0.15, 0.2) is 18.2 Å². The van der Waals surface area contributed by atoms with Gasteiger partial charge in [-0.15, -0.1) is 0 Å². The minimum Gasteiger partial charge on any atom is -0.508 e. The topological polar surface area (TPSA) is 95.9 Å². The van der Waals surface area contributed by atoms with Crippen LogP contribution in [0.4, 0.5) is 0 Å². The maximum absolute atomic E-state index is 12.1. The lowest BCUT2D eigenvalue weighted by Crippen LogP contribution is -2.55. The number of phenolic OH excluding ortho intramolecular Hbond substituents is 1. The van der Waals surface area contributed by atoms with E-state index in [9.17, 15) is 19.8 Å². The Hall–Kier alpha value is -2.08. The fourth-order valence-corrected chi connectivity index (χ4v) is 2.07. The quantitative estimate of drug-likeness (QED) is 0.746.